The predicted molar refractivity (Wildman–Crippen MR) is 79.0 cm³/mol. The smallest absolute Gasteiger partial charge is 0.244 e. The van der Waals surface area contributed by atoms with E-state index < -0.39 is 12.1 Å². The third kappa shape index (κ3) is 4.66. The summed E-state index contributed by atoms with van der Waals surface area (Å²) in [6.45, 7) is 4.16. The first-order valence-electron chi connectivity index (χ1n) is 6.80. The van der Waals surface area contributed by atoms with E-state index in [1.54, 1.807) is 18.9 Å². The van der Waals surface area contributed by atoms with Gasteiger partial charge in [-0.05, 0) is 25.8 Å². The molecule has 0 saturated heterocycles. The second-order valence-electron chi connectivity index (χ2n) is 4.88. The van der Waals surface area contributed by atoms with E-state index in [0.717, 1.165) is 5.56 Å². The maximum absolute atomic E-state index is 12.0. The lowest BCUT2D eigenvalue weighted by atomic mass is 10.1. The van der Waals surface area contributed by atoms with Crippen LogP contribution >= 0.6 is 0 Å². The SMILES string of the molecule is CCN(C)C(=O)C(C)NC(=O)[C@@H](N)Cc1ccccc1. The van der Waals surface area contributed by atoms with Crippen LogP contribution in [0.4, 0.5) is 0 Å². The summed E-state index contributed by atoms with van der Waals surface area (Å²) in [6, 6.07) is 8.36. The van der Waals surface area contributed by atoms with Crippen LogP contribution in [0, 0.1) is 0 Å². The molecule has 20 heavy (non-hydrogen) atoms. The number of nitrogens with two attached hydrogens (primary N) is 1. The summed E-state index contributed by atoms with van der Waals surface area (Å²) in [7, 11) is 1.70. The van der Waals surface area contributed by atoms with Gasteiger partial charge in [0.05, 0.1) is 6.04 Å². The maximum atomic E-state index is 12.0. The van der Waals surface area contributed by atoms with E-state index in [-0.39, 0.29) is 11.8 Å². The number of rotatable bonds is 6. The summed E-state index contributed by atoms with van der Waals surface area (Å²) in [5, 5.41) is 2.66. The molecule has 0 aliphatic heterocycles. The second-order valence-corrected chi connectivity index (χ2v) is 4.88. The number of hydrogen-bond donors (Lipinski definition) is 2. The Kier molecular flexibility index (Phi) is 6.18. The summed E-state index contributed by atoms with van der Waals surface area (Å²) >= 11 is 0. The summed E-state index contributed by atoms with van der Waals surface area (Å²) in [5.41, 5.74) is 6.87. The molecule has 0 aromatic heterocycles. The van der Waals surface area contributed by atoms with Crippen LogP contribution in [0.2, 0.25) is 0 Å². The van der Waals surface area contributed by atoms with Gasteiger partial charge in [0.2, 0.25) is 11.8 Å². The molecule has 1 unspecified atom stereocenters. The molecule has 0 aliphatic rings. The lowest BCUT2D eigenvalue weighted by Crippen LogP contribution is -2.51. The summed E-state index contributed by atoms with van der Waals surface area (Å²) in [4.78, 5) is 25.4. The van der Waals surface area contributed by atoms with E-state index in [9.17, 15) is 9.59 Å². The van der Waals surface area contributed by atoms with Crippen LogP contribution in [0.15, 0.2) is 30.3 Å². The molecule has 1 rings (SSSR count). The highest BCUT2D eigenvalue weighted by atomic mass is 16.2. The maximum Gasteiger partial charge on any atom is 0.244 e. The number of nitrogens with zero attached hydrogens (tertiary/aromatic N) is 1. The zero-order valence-corrected chi connectivity index (χ0v) is 12.3. The Labute approximate surface area is 120 Å². The third-order valence-corrected chi connectivity index (χ3v) is 3.21. The van der Waals surface area contributed by atoms with Gasteiger partial charge < -0.3 is 16.0 Å². The van der Waals surface area contributed by atoms with Gasteiger partial charge in [-0.15, -0.1) is 0 Å². The van der Waals surface area contributed by atoms with Crippen LogP contribution in [0.3, 0.4) is 0 Å². The Morgan fingerprint density at radius 2 is 1.90 bits per heavy atom. The fourth-order valence-electron chi connectivity index (χ4n) is 1.83. The third-order valence-electron chi connectivity index (χ3n) is 3.21. The lowest BCUT2D eigenvalue weighted by molar-refractivity contribution is -0.135. The molecule has 0 spiro atoms. The van der Waals surface area contributed by atoms with Gasteiger partial charge in [-0.1, -0.05) is 30.3 Å². The van der Waals surface area contributed by atoms with Crippen molar-refractivity contribution >= 4 is 11.8 Å². The average Bonchev–Trinajstić information content (AvgIpc) is 2.46. The molecule has 2 atom stereocenters. The fourth-order valence-corrected chi connectivity index (χ4v) is 1.83. The zero-order valence-electron chi connectivity index (χ0n) is 12.3. The standard InChI is InChI=1S/C15H23N3O2/c1-4-18(3)15(20)11(2)17-14(19)13(16)10-12-8-6-5-7-9-12/h5-9,11,13H,4,10,16H2,1-3H3,(H,17,19)/t11?,13-/m0/s1. The van der Waals surface area contributed by atoms with Gasteiger partial charge in [0.25, 0.3) is 0 Å². The van der Waals surface area contributed by atoms with Gasteiger partial charge >= 0.3 is 0 Å². The minimum absolute atomic E-state index is 0.118. The van der Waals surface area contributed by atoms with Crippen LogP contribution in [-0.4, -0.2) is 42.4 Å². The van der Waals surface area contributed by atoms with Crippen LogP contribution in [-0.2, 0) is 16.0 Å². The van der Waals surface area contributed by atoms with Crippen molar-refractivity contribution < 1.29 is 9.59 Å². The number of carbonyl (C=O) groups is 2. The summed E-state index contributed by atoms with van der Waals surface area (Å²) in [5.74, 6) is -0.424. The monoisotopic (exact) mass is 277 g/mol. The summed E-state index contributed by atoms with van der Waals surface area (Å²) < 4.78 is 0. The van der Waals surface area contributed by atoms with Crippen molar-refractivity contribution in [2.75, 3.05) is 13.6 Å². The molecular weight excluding hydrogens is 254 g/mol. The number of benzene rings is 1. The molecule has 0 saturated carbocycles. The Balaban J connectivity index is 2.51. The van der Waals surface area contributed by atoms with Crippen molar-refractivity contribution in [1.82, 2.24) is 10.2 Å². The molecule has 0 aliphatic carbocycles. The highest BCUT2D eigenvalue weighted by Gasteiger charge is 2.21. The van der Waals surface area contributed by atoms with Crippen molar-refractivity contribution in [3.05, 3.63) is 35.9 Å². The first-order valence-corrected chi connectivity index (χ1v) is 6.80. The minimum atomic E-state index is -0.653. The topological polar surface area (TPSA) is 75.4 Å². The largest absolute Gasteiger partial charge is 0.344 e. The molecule has 5 nitrogen and oxygen atoms in total. The van der Waals surface area contributed by atoms with Crippen molar-refractivity contribution in [2.24, 2.45) is 5.73 Å². The van der Waals surface area contributed by atoms with Crippen LogP contribution < -0.4 is 11.1 Å². The van der Waals surface area contributed by atoms with Crippen molar-refractivity contribution in [3.8, 4) is 0 Å². The number of likely N-dealkylation sites (N-methyl/N-ethyl adjacent to an activating group) is 1. The molecule has 3 N–H and O–H groups in total. The van der Waals surface area contributed by atoms with Gasteiger partial charge in [-0.3, -0.25) is 9.59 Å². The molecule has 1 aromatic rings. The molecule has 5 heteroatoms. The first-order chi connectivity index (χ1) is 9.45. The number of hydrogen-bond acceptors (Lipinski definition) is 3. The lowest BCUT2D eigenvalue weighted by Gasteiger charge is -2.22. The van der Waals surface area contributed by atoms with Gasteiger partial charge in [0.1, 0.15) is 6.04 Å². The Morgan fingerprint density at radius 3 is 2.45 bits per heavy atom. The van der Waals surface area contributed by atoms with E-state index in [1.165, 1.54) is 0 Å². The quantitative estimate of drug-likeness (QED) is 0.797. The fraction of sp³-hybridized carbons (Fsp3) is 0.467. The number of carbonyl (C=O) groups excluding carboxylic acids is 2. The van der Waals surface area contributed by atoms with E-state index >= 15 is 0 Å². The van der Waals surface area contributed by atoms with E-state index in [4.69, 9.17) is 5.73 Å². The van der Waals surface area contributed by atoms with Crippen LogP contribution in [0.1, 0.15) is 19.4 Å². The molecule has 0 fully saturated rings. The van der Waals surface area contributed by atoms with Crippen molar-refractivity contribution in [2.45, 2.75) is 32.4 Å². The number of amides is 2. The second kappa shape index (κ2) is 7.65. The van der Waals surface area contributed by atoms with Gasteiger partial charge in [0, 0.05) is 13.6 Å². The molecular formula is C15H23N3O2. The number of nitrogens with one attached hydrogen (secondary N) is 1. The summed E-state index contributed by atoms with van der Waals surface area (Å²) in [6.07, 6.45) is 0.456. The van der Waals surface area contributed by atoms with E-state index in [1.807, 2.05) is 37.3 Å². The molecule has 2 amide bonds. The first kappa shape index (κ1) is 16.2. The highest BCUT2D eigenvalue weighted by molar-refractivity contribution is 5.89. The van der Waals surface area contributed by atoms with Crippen LogP contribution in [0.5, 0.6) is 0 Å². The van der Waals surface area contributed by atoms with Crippen LogP contribution in [0.25, 0.3) is 0 Å². The minimum Gasteiger partial charge on any atom is -0.344 e. The molecule has 0 heterocycles. The van der Waals surface area contributed by atoms with Crippen molar-refractivity contribution in [3.63, 3.8) is 0 Å². The van der Waals surface area contributed by atoms with E-state index in [0.29, 0.717) is 13.0 Å². The van der Waals surface area contributed by atoms with E-state index in [2.05, 4.69) is 5.32 Å². The normalized spacial score (nSPS) is 13.4. The van der Waals surface area contributed by atoms with Gasteiger partial charge in [-0.25, -0.2) is 0 Å². The predicted octanol–water partition coefficient (Wildman–Crippen LogP) is 0.539. The molecule has 110 valence electrons. The Hall–Kier alpha value is -1.88. The van der Waals surface area contributed by atoms with Gasteiger partial charge in [-0.2, -0.15) is 0 Å². The Bertz CT molecular complexity index is 448. The molecule has 0 radical (unpaired) electrons. The van der Waals surface area contributed by atoms with Gasteiger partial charge in [0.15, 0.2) is 0 Å². The highest BCUT2D eigenvalue weighted by Crippen LogP contribution is 2.02. The average molecular weight is 277 g/mol. The Morgan fingerprint density at radius 1 is 1.30 bits per heavy atom. The molecule has 1 aromatic carbocycles. The zero-order chi connectivity index (χ0) is 15.1. The molecule has 0 bridgehead atoms. The van der Waals surface area contributed by atoms with Crippen molar-refractivity contribution in [1.29, 1.82) is 0 Å².